The molecule has 8 heteroatoms. The fourth-order valence-corrected chi connectivity index (χ4v) is 5.62. The number of hydrogen-bond donors (Lipinski definition) is 3. The van der Waals surface area contributed by atoms with E-state index in [1.165, 1.54) is 5.56 Å². The van der Waals surface area contributed by atoms with E-state index >= 15 is 0 Å². The van der Waals surface area contributed by atoms with E-state index in [0.717, 1.165) is 34.3 Å². The lowest BCUT2D eigenvalue weighted by atomic mass is 9.97. The Morgan fingerprint density at radius 2 is 1.98 bits per heavy atom. The zero-order chi connectivity index (χ0) is 28.1. The first-order chi connectivity index (χ1) is 19.4. The van der Waals surface area contributed by atoms with Gasteiger partial charge >= 0.3 is 0 Å². The SMILES string of the molecule is COc1cc2cc(c1)C(=O)N(C)[C@H]([C@H](O)CNC1(c3cccc(Br)c3)CC1)Cc1cccc(c1)OCC=CCN2. The van der Waals surface area contributed by atoms with Crippen molar-refractivity contribution in [2.24, 2.45) is 0 Å². The molecule has 210 valence electrons. The molecule has 0 aromatic heterocycles. The Kier molecular flexibility index (Phi) is 8.78. The van der Waals surface area contributed by atoms with E-state index in [0.29, 0.717) is 37.4 Å². The molecule has 0 unspecified atom stereocenters. The topological polar surface area (TPSA) is 83.1 Å². The second kappa shape index (κ2) is 12.5. The van der Waals surface area contributed by atoms with E-state index in [2.05, 4.69) is 38.7 Å². The third-order valence-electron chi connectivity index (χ3n) is 7.71. The fourth-order valence-electron chi connectivity index (χ4n) is 5.22. The third kappa shape index (κ3) is 6.69. The summed E-state index contributed by atoms with van der Waals surface area (Å²) in [5, 5.41) is 18.6. The Morgan fingerprint density at radius 3 is 2.75 bits per heavy atom. The molecule has 1 fully saturated rings. The van der Waals surface area contributed by atoms with E-state index in [1.54, 1.807) is 25.1 Å². The zero-order valence-corrected chi connectivity index (χ0v) is 24.5. The Labute approximate surface area is 244 Å². The number of benzene rings is 3. The number of carbonyl (C=O) groups excluding carboxylic acids is 1. The number of methoxy groups -OCH3 is 1. The van der Waals surface area contributed by atoms with Gasteiger partial charge in [-0.25, -0.2) is 0 Å². The highest BCUT2D eigenvalue weighted by molar-refractivity contribution is 9.10. The second-order valence-corrected chi connectivity index (χ2v) is 11.4. The van der Waals surface area contributed by atoms with Crippen molar-refractivity contribution in [3.8, 4) is 11.5 Å². The van der Waals surface area contributed by atoms with Gasteiger partial charge in [-0.3, -0.25) is 4.79 Å². The summed E-state index contributed by atoms with van der Waals surface area (Å²) in [6, 6.07) is 21.1. The molecular weight excluding hydrogens is 570 g/mol. The zero-order valence-electron chi connectivity index (χ0n) is 22.9. The van der Waals surface area contributed by atoms with Crippen LogP contribution in [0.5, 0.6) is 11.5 Å². The van der Waals surface area contributed by atoms with Gasteiger partial charge in [-0.2, -0.15) is 0 Å². The van der Waals surface area contributed by atoms with Crippen LogP contribution in [-0.4, -0.2) is 61.9 Å². The lowest BCUT2D eigenvalue weighted by Crippen LogP contribution is -2.51. The van der Waals surface area contributed by atoms with Crippen LogP contribution < -0.4 is 20.1 Å². The summed E-state index contributed by atoms with van der Waals surface area (Å²) < 4.78 is 12.5. The van der Waals surface area contributed by atoms with Crippen LogP contribution >= 0.6 is 15.9 Å². The van der Waals surface area contributed by atoms with E-state index in [-0.39, 0.29) is 11.4 Å². The van der Waals surface area contributed by atoms with Gasteiger partial charge < -0.3 is 30.1 Å². The van der Waals surface area contributed by atoms with E-state index in [4.69, 9.17) is 9.47 Å². The highest BCUT2D eigenvalue weighted by atomic mass is 79.9. The van der Waals surface area contributed by atoms with Crippen LogP contribution in [0, 0.1) is 0 Å². The molecule has 4 bridgehead atoms. The van der Waals surface area contributed by atoms with Crippen LogP contribution in [0.25, 0.3) is 0 Å². The van der Waals surface area contributed by atoms with Gasteiger partial charge in [-0.05, 0) is 72.9 Å². The van der Waals surface area contributed by atoms with Gasteiger partial charge in [0.1, 0.15) is 18.1 Å². The number of rotatable bonds is 6. The molecule has 2 atom stereocenters. The molecule has 7 nitrogen and oxygen atoms in total. The molecule has 1 saturated carbocycles. The smallest absolute Gasteiger partial charge is 0.254 e. The summed E-state index contributed by atoms with van der Waals surface area (Å²) in [5.41, 5.74) is 3.31. The van der Waals surface area contributed by atoms with Gasteiger partial charge in [-0.15, -0.1) is 0 Å². The molecule has 0 spiro atoms. The van der Waals surface area contributed by atoms with Crippen molar-refractivity contribution >= 4 is 27.5 Å². The van der Waals surface area contributed by atoms with Crippen molar-refractivity contribution in [1.82, 2.24) is 10.2 Å². The first-order valence-electron chi connectivity index (χ1n) is 13.6. The molecule has 1 aliphatic heterocycles. The van der Waals surface area contributed by atoms with Crippen molar-refractivity contribution in [3.63, 3.8) is 0 Å². The van der Waals surface area contributed by atoms with Crippen molar-refractivity contribution in [3.05, 3.63) is 100 Å². The molecule has 0 saturated heterocycles. The van der Waals surface area contributed by atoms with Crippen LogP contribution in [0.4, 0.5) is 5.69 Å². The van der Waals surface area contributed by atoms with Crippen LogP contribution in [0.3, 0.4) is 0 Å². The monoisotopic (exact) mass is 605 g/mol. The molecule has 1 amide bonds. The maximum absolute atomic E-state index is 13.8. The molecule has 1 aliphatic carbocycles. The minimum absolute atomic E-state index is 0.152. The summed E-state index contributed by atoms with van der Waals surface area (Å²) in [7, 11) is 3.35. The van der Waals surface area contributed by atoms with Crippen LogP contribution in [0.1, 0.15) is 34.3 Å². The lowest BCUT2D eigenvalue weighted by molar-refractivity contribution is 0.0429. The number of ether oxygens (including phenoxy) is 2. The highest BCUT2D eigenvalue weighted by Gasteiger charge is 2.44. The predicted octanol–water partition coefficient (Wildman–Crippen LogP) is 5.14. The number of nitrogens with one attached hydrogen (secondary N) is 2. The molecule has 3 N–H and O–H groups in total. The van der Waals surface area contributed by atoms with E-state index < -0.39 is 12.1 Å². The number of halogens is 1. The standard InChI is InChI=1S/C32H36BrN3O4/c1-36-29(30(37)21-35-32(11-12-32)24-8-6-9-25(33)19-24)16-22-7-5-10-27(15-22)40-14-4-3-13-34-26-17-23(31(36)38)18-28(20-26)39-2/h3-10,15,17-20,29-30,34-35,37H,11-14,16,21H2,1-2H3/t29-,30+/m0/s1. The Balaban J connectivity index is 1.43. The normalized spacial score (nSPS) is 19.4. The lowest BCUT2D eigenvalue weighted by Gasteiger charge is -2.34. The van der Waals surface area contributed by atoms with Gasteiger partial charge in [0.2, 0.25) is 0 Å². The molecular formula is C32H36BrN3O4. The Morgan fingerprint density at radius 1 is 1.15 bits per heavy atom. The molecule has 3 aromatic carbocycles. The van der Waals surface area contributed by atoms with Crippen molar-refractivity contribution in [1.29, 1.82) is 0 Å². The van der Waals surface area contributed by atoms with Gasteiger partial charge in [0, 0.05) is 47.5 Å². The number of aliphatic hydroxyl groups is 1. The predicted molar refractivity (Wildman–Crippen MR) is 161 cm³/mol. The first-order valence-corrected chi connectivity index (χ1v) is 14.4. The van der Waals surface area contributed by atoms with Crippen molar-refractivity contribution < 1.29 is 19.4 Å². The fraction of sp³-hybridized carbons (Fsp3) is 0.344. The van der Waals surface area contributed by atoms with Gasteiger partial charge in [0.15, 0.2) is 0 Å². The number of aliphatic hydroxyl groups excluding tert-OH is 1. The second-order valence-electron chi connectivity index (χ2n) is 10.5. The highest BCUT2D eigenvalue weighted by Crippen LogP contribution is 2.46. The number of fused-ring (bicyclic) bond motifs is 4. The Bertz CT molecular complexity index is 1370. The summed E-state index contributed by atoms with van der Waals surface area (Å²) >= 11 is 3.58. The first kappa shape index (κ1) is 28.2. The maximum Gasteiger partial charge on any atom is 0.254 e. The number of likely N-dealkylation sites (N-methyl/N-ethyl adjacent to an activating group) is 1. The van der Waals surface area contributed by atoms with Gasteiger partial charge in [-0.1, -0.05) is 46.3 Å². The summed E-state index contributed by atoms with van der Waals surface area (Å²) in [6.07, 6.45) is 5.61. The average molecular weight is 607 g/mol. The minimum atomic E-state index is -0.812. The average Bonchev–Trinajstić information content (AvgIpc) is 3.76. The summed E-state index contributed by atoms with van der Waals surface area (Å²) in [5.74, 6) is 1.16. The van der Waals surface area contributed by atoms with Crippen LogP contribution in [-0.2, 0) is 12.0 Å². The van der Waals surface area contributed by atoms with Crippen LogP contribution in [0.15, 0.2) is 83.4 Å². The number of nitrogens with zero attached hydrogens (tertiary/aromatic N) is 1. The minimum Gasteiger partial charge on any atom is -0.497 e. The van der Waals surface area contributed by atoms with E-state index in [9.17, 15) is 9.90 Å². The van der Waals surface area contributed by atoms with Crippen LogP contribution in [0.2, 0.25) is 0 Å². The molecule has 2 aliphatic rings. The van der Waals surface area contributed by atoms with Crippen molar-refractivity contribution in [2.75, 3.05) is 39.2 Å². The summed E-state index contributed by atoms with van der Waals surface area (Å²) in [4.78, 5) is 15.5. The van der Waals surface area contributed by atoms with E-state index in [1.807, 2.05) is 60.7 Å². The van der Waals surface area contributed by atoms with Gasteiger partial charge in [0.05, 0.1) is 19.3 Å². The number of anilines is 1. The number of amides is 1. The molecule has 3 aromatic rings. The number of carbonyl (C=O) groups is 1. The quantitative estimate of drug-likeness (QED) is 0.337. The van der Waals surface area contributed by atoms with Crippen molar-refractivity contribution in [2.45, 2.75) is 36.9 Å². The third-order valence-corrected chi connectivity index (χ3v) is 8.20. The maximum atomic E-state index is 13.8. The summed E-state index contributed by atoms with van der Waals surface area (Å²) in [6.45, 7) is 1.37. The van der Waals surface area contributed by atoms with Gasteiger partial charge in [0.25, 0.3) is 5.91 Å². The number of hydrogen-bond acceptors (Lipinski definition) is 6. The molecule has 1 heterocycles. The molecule has 5 rings (SSSR count). The molecule has 0 radical (unpaired) electrons. The Hall–Kier alpha value is -3.33. The molecule has 40 heavy (non-hydrogen) atoms. The largest absolute Gasteiger partial charge is 0.497 e.